The second-order valence-corrected chi connectivity index (χ2v) is 7.90. The van der Waals surface area contributed by atoms with Crippen LogP contribution < -0.4 is 9.54 Å². The summed E-state index contributed by atoms with van der Waals surface area (Å²) in [5.74, 6) is 0.00570. The predicted molar refractivity (Wildman–Crippen MR) is 112 cm³/mol. The average Bonchev–Trinajstić information content (AvgIpc) is 2.92. The number of ether oxygens (including phenoxy) is 1. The van der Waals surface area contributed by atoms with Crippen LogP contribution in [-0.2, 0) is 11.3 Å². The van der Waals surface area contributed by atoms with Crippen LogP contribution in [0.25, 0.3) is 10.2 Å². The summed E-state index contributed by atoms with van der Waals surface area (Å²) in [6.45, 7) is 8.28. The minimum Gasteiger partial charge on any atom is -0.482 e. The third kappa shape index (κ3) is 4.43. The molecule has 0 N–H and O–H groups in total. The van der Waals surface area contributed by atoms with Crippen LogP contribution in [0.1, 0.15) is 11.1 Å². The molecule has 0 fully saturated rings. The smallest absolute Gasteiger partial charge is 0.286 e. The molecular weight excluding hydrogens is 403 g/mol. The molecule has 0 saturated carbocycles. The van der Waals surface area contributed by atoms with Gasteiger partial charge in [0, 0.05) is 11.6 Å². The van der Waals surface area contributed by atoms with Crippen molar-refractivity contribution in [3.63, 3.8) is 0 Å². The second kappa shape index (κ2) is 8.30. The molecule has 0 aliphatic carbocycles. The van der Waals surface area contributed by atoms with Gasteiger partial charge in [0.25, 0.3) is 5.91 Å². The van der Waals surface area contributed by atoms with E-state index in [9.17, 15) is 4.79 Å². The van der Waals surface area contributed by atoms with E-state index in [4.69, 9.17) is 27.9 Å². The summed E-state index contributed by atoms with van der Waals surface area (Å²) >= 11 is 13.4. The summed E-state index contributed by atoms with van der Waals surface area (Å²) in [4.78, 5) is 17.2. The van der Waals surface area contributed by atoms with Crippen LogP contribution >= 0.6 is 34.5 Å². The zero-order valence-electron chi connectivity index (χ0n) is 15.0. The lowest BCUT2D eigenvalue weighted by Gasteiger charge is -2.06. The SMILES string of the molecule is C=CCn1c(=NC(=O)COc2ccc(Cl)cc2Cl)sc2c(C)cc(C)cc21. The minimum atomic E-state index is -0.389. The van der Waals surface area contributed by atoms with Crippen molar-refractivity contribution in [1.29, 1.82) is 0 Å². The summed E-state index contributed by atoms with van der Waals surface area (Å²) in [7, 11) is 0. The summed E-state index contributed by atoms with van der Waals surface area (Å²) in [6, 6.07) is 9.06. The summed E-state index contributed by atoms with van der Waals surface area (Å²) in [5.41, 5.74) is 3.37. The van der Waals surface area contributed by atoms with Crippen molar-refractivity contribution in [3.05, 3.63) is 69.0 Å². The molecule has 0 radical (unpaired) electrons. The van der Waals surface area contributed by atoms with Crippen LogP contribution in [0.4, 0.5) is 0 Å². The standard InChI is InChI=1S/C20H18Cl2N2O2S/c1-4-7-24-16-9-12(2)8-13(3)19(16)27-20(24)23-18(25)11-26-17-6-5-14(21)10-15(17)22/h4-6,8-10H,1,7,11H2,2-3H3. The maximum absolute atomic E-state index is 12.4. The van der Waals surface area contributed by atoms with E-state index in [1.807, 2.05) is 11.5 Å². The monoisotopic (exact) mass is 420 g/mol. The number of nitrogens with zero attached hydrogens (tertiary/aromatic N) is 2. The van der Waals surface area contributed by atoms with E-state index in [0.717, 1.165) is 21.3 Å². The molecule has 1 aromatic heterocycles. The van der Waals surface area contributed by atoms with Crippen molar-refractivity contribution >= 4 is 50.7 Å². The highest BCUT2D eigenvalue weighted by atomic mass is 35.5. The zero-order valence-corrected chi connectivity index (χ0v) is 17.3. The van der Waals surface area contributed by atoms with Gasteiger partial charge in [0.15, 0.2) is 11.4 Å². The number of carbonyl (C=O) groups excluding carboxylic acids is 1. The fourth-order valence-electron chi connectivity index (χ4n) is 2.77. The van der Waals surface area contributed by atoms with Gasteiger partial charge in [-0.3, -0.25) is 4.79 Å². The number of rotatable bonds is 5. The number of benzene rings is 2. The third-order valence-corrected chi connectivity index (χ3v) is 5.65. The first-order valence-corrected chi connectivity index (χ1v) is 9.83. The number of aromatic nitrogens is 1. The Kier molecular flexibility index (Phi) is 6.05. The average molecular weight is 421 g/mol. The van der Waals surface area contributed by atoms with Gasteiger partial charge in [-0.15, -0.1) is 6.58 Å². The number of halogens is 2. The van der Waals surface area contributed by atoms with Gasteiger partial charge in [-0.2, -0.15) is 4.99 Å². The molecule has 2 aromatic carbocycles. The largest absolute Gasteiger partial charge is 0.482 e. The van der Waals surface area contributed by atoms with E-state index in [0.29, 0.717) is 27.1 Å². The van der Waals surface area contributed by atoms with Crippen molar-refractivity contribution in [2.24, 2.45) is 4.99 Å². The third-order valence-electron chi connectivity index (χ3n) is 3.89. The predicted octanol–water partition coefficient (Wildman–Crippen LogP) is 5.32. The Morgan fingerprint density at radius 1 is 1.30 bits per heavy atom. The fourth-order valence-corrected chi connectivity index (χ4v) is 4.34. The first-order valence-electron chi connectivity index (χ1n) is 8.26. The molecule has 0 aliphatic heterocycles. The highest BCUT2D eigenvalue weighted by Gasteiger charge is 2.11. The number of hydrogen-bond donors (Lipinski definition) is 0. The van der Waals surface area contributed by atoms with Gasteiger partial charge in [-0.25, -0.2) is 0 Å². The van der Waals surface area contributed by atoms with E-state index in [1.54, 1.807) is 24.3 Å². The van der Waals surface area contributed by atoms with Gasteiger partial charge in [0.05, 0.1) is 15.2 Å². The Morgan fingerprint density at radius 2 is 2.07 bits per heavy atom. The fraction of sp³-hybridized carbons (Fsp3) is 0.200. The first-order chi connectivity index (χ1) is 12.9. The lowest BCUT2D eigenvalue weighted by molar-refractivity contribution is -0.120. The molecule has 4 nitrogen and oxygen atoms in total. The molecule has 0 saturated heterocycles. The molecule has 0 aliphatic rings. The van der Waals surface area contributed by atoms with Gasteiger partial charge < -0.3 is 9.30 Å². The van der Waals surface area contributed by atoms with E-state index in [-0.39, 0.29) is 12.5 Å². The van der Waals surface area contributed by atoms with Gasteiger partial charge in [0.2, 0.25) is 0 Å². The van der Waals surface area contributed by atoms with E-state index >= 15 is 0 Å². The molecule has 0 spiro atoms. The first kappa shape index (κ1) is 19.7. The topological polar surface area (TPSA) is 43.6 Å². The molecule has 7 heteroatoms. The molecule has 1 heterocycles. The molecule has 3 rings (SSSR count). The number of allylic oxidation sites excluding steroid dienone is 1. The summed E-state index contributed by atoms with van der Waals surface area (Å²) in [6.07, 6.45) is 1.79. The van der Waals surface area contributed by atoms with Crippen LogP contribution in [0.2, 0.25) is 10.0 Å². The number of carbonyl (C=O) groups is 1. The molecule has 27 heavy (non-hydrogen) atoms. The van der Waals surface area contributed by atoms with Crippen LogP contribution in [0.15, 0.2) is 48.0 Å². The van der Waals surface area contributed by atoms with Crippen LogP contribution in [-0.4, -0.2) is 17.1 Å². The lowest BCUT2D eigenvalue weighted by Crippen LogP contribution is -2.19. The Hall–Kier alpha value is -2.08. The number of thiazole rings is 1. The summed E-state index contributed by atoms with van der Waals surface area (Å²) in [5, 5.41) is 0.856. The molecule has 3 aromatic rings. The molecule has 0 atom stereocenters. The van der Waals surface area contributed by atoms with Crippen LogP contribution in [0.3, 0.4) is 0 Å². The minimum absolute atomic E-state index is 0.207. The molecule has 140 valence electrons. The van der Waals surface area contributed by atoms with Crippen molar-refractivity contribution in [2.45, 2.75) is 20.4 Å². The van der Waals surface area contributed by atoms with Crippen molar-refractivity contribution in [1.82, 2.24) is 4.57 Å². The van der Waals surface area contributed by atoms with Crippen molar-refractivity contribution in [3.8, 4) is 5.75 Å². The molecule has 0 unspecified atom stereocenters. The normalized spacial score (nSPS) is 11.8. The zero-order chi connectivity index (χ0) is 19.6. The molecule has 0 bridgehead atoms. The quantitative estimate of drug-likeness (QED) is 0.524. The Balaban J connectivity index is 1.92. The lowest BCUT2D eigenvalue weighted by atomic mass is 10.1. The maximum Gasteiger partial charge on any atom is 0.286 e. The van der Waals surface area contributed by atoms with E-state index in [2.05, 4.69) is 30.6 Å². The Bertz CT molecular complexity index is 1100. The number of hydrogen-bond acceptors (Lipinski definition) is 3. The van der Waals surface area contributed by atoms with Crippen LogP contribution in [0.5, 0.6) is 5.75 Å². The Morgan fingerprint density at radius 3 is 2.78 bits per heavy atom. The molecular formula is C20H18Cl2N2O2S. The van der Waals surface area contributed by atoms with E-state index in [1.165, 1.54) is 11.3 Å². The van der Waals surface area contributed by atoms with Gasteiger partial charge in [0.1, 0.15) is 5.75 Å². The Labute approximate surface area is 171 Å². The highest BCUT2D eigenvalue weighted by Crippen LogP contribution is 2.27. The van der Waals surface area contributed by atoms with Crippen molar-refractivity contribution < 1.29 is 9.53 Å². The maximum atomic E-state index is 12.4. The molecule has 1 amide bonds. The van der Waals surface area contributed by atoms with Gasteiger partial charge >= 0.3 is 0 Å². The second-order valence-electron chi connectivity index (χ2n) is 6.08. The van der Waals surface area contributed by atoms with Gasteiger partial charge in [-0.1, -0.05) is 46.7 Å². The van der Waals surface area contributed by atoms with Gasteiger partial charge in [-0.05, 0) is 49.2 Å². The van der Waals surface area contributed by atoms with E-state index < -0.39 is 0 Å². The van der Waals surface area contributed by atoms with Crippen molar-refractivity contribution in [2.75, 3.05) is 6.61 Å². The number of fused-ring (bicyclic) bond motifs is 1. The van der Waals surface area contributed by atoms with Crippen LogP contribution in [0, 0.1) is 13.8 Å². The number of aryl methyl sites for hydroxylation is 2. The highest BCUT2D eigenvalue weighted by molar-refractivity contribution is 7.16. The number of amides is 1. The summed E-state index contributed by atoms with van der Waals surface area (Å²) < 4.78 is 8.58.